The van der Waals surface area contributed by atoms with Gasteiger partial charge in [-0.1, -0.05) is 0 Å². The SMILES string of the molecule is C[C@@H](COC1CCC(Oc2nc3c(F)cc(OCC(F)F)c(F)c3n2C)CC1)NC(N)=O. The number of fused-ring (bicyclic) bond motifs is 1. The average molecular weight is 462 g/mol. The van der Waals surface area contributed by atoms with Crippen molar-refractivity contribution in [2.45, 2.75) is 57.3 Å². The first-order valence-corrected chi connectivity index (χ1v) is 10.2. The first-order valence-electron chi connectivity index (χ1n) is 10.2. The van der Waals surface area contributed by atoms with Gasteiger partial charge in [0.05, 0.1) is 18.8 Å². The molecule has 3 N–H and O–H groups in total. The van der Waals surface area contributed by atoms with Crippen molar-refractivity contribution in [1.29, 1.82) is 0 Å². The molecule has 2 aromatic rings. The summed E-state index contributed by atoms with van der Waals surface area (Å²) in [4.78, 5) is 14.9. The Labute approximate surface area is 182 Å². The maximum absolute atomic E-state index is 14.7. The first kappa shape index (κ1) is 23.9. The van der Waals surface area contributed by atoms with Crippen LogP contribution in [-0.4, -0.2) is 53.5 Å². The lowest BCUT2D eigenvalue weighted by Gasteiger charge is -2.29. The van der Waals surface area contributed by atoms with E-state index in [1.165, 1.54) is 11.6 Å². The number of carbonyl (C=O) groups excluding carboxylic acids is 1. The minimum atomic E-state index is -2.82. The maximum atomic E-state index is 14.7. The van der Waals surface area contributed by atoms with E-state index in [0.29, 0.717) is 38.4 Å². The smallest absolute Gasteiger partial charge is 0.312 e. The number of alkyl halides is 2. The summed E-state index contributed by atoms with van der Waals surface area (Å²) in [5.74, 6) is -2.49. The molecule has 1 heterocycles. The Hall–Kier alpha value is -2.76. The normalized spacial score (nSPS) is 19.8. The Bertz CT molecular complexity index is 948. The molecule has 3 rings (SSSR count). The fraction of sp³-hybridized carbons (Fsp3) is 0.600. The van der Waals surface area contributed by atoms with Crippen molar-refractivity contribution in [2.75, 3.05) is 13.2 Å². The number of halogens is 4. The number of rotatable bonds is 9. The molecule has 32 heavy (non-hydrogen) atoms. The summed E-state index contributed by atoms with van der Waals surface area (Å²) in [7, 11) is 1.45. The molecule has 1 aliphatic rings. The Kier molecular flexibility index (Phi) is 7.64. The van der Waals surface area contributed by atoms with E-state index < -0.39 is 36.4 Å². The highest BCUT2D eigenvalue weighted by atomic mass is 19.3. The molecular formula is C20H26F4N4O4. The highest BCUT2D eigenvalue weighted by Crippen LogP contribution is 2.33. The van der Waals surface area contributed by atoms with Crippen molar-refractivity contribution in [3.8, 4) is 11.8 Å². The number of hydrogen-bond donors (Lipinski definition) is 2. The summed E-state index contributed by atoms with van der Waals surface area (Å²) in [6.45, 7) is 1.07. The third kappa shape index (κ3) is 5.72. The zero-order valence-corrected chi connectivity index (χ0v) is 17.7. The van der Waals surface area contributed by atoms with E-state index in [2.05, 4.69) is 15.0 Å². The maximum Gasteiger partial charge on any atom is 0.312 e. The highest BCUT2D eigenvalue weighted by Gasteiger charge is 2.27. The van der Waals surface area contributed by atoms with E-state index in [9.17, 15) is 22.4 Å². The summed E-state index contributed by atoms with van der Waals surface area (Å²) in [5, 5.41) is 2.54. The topological polar surface area (TPSA) is 101 Å². The van der Waals surface area contributed by atoms with Crippen molar-refractivity contribution in [3.63, 3.8) is 0 Å². The van der Waals surface area contributed by atoms with Gasteiger partial charge in [-0.2, -0.15) is 4.98 Å². The van der Waals surface area contributed by atoms with E-state index in [0.717, 1.165) is 0 Å². The number of hydrogen-bond acceptors (Lipinski definition) is 5. The molecule has 12 heteroatoms. The Balaban J connectivity index is 1.62. The second-order valence-corrected chi connectivity index (χ2v) is 7.78. The monoisotopic (exact) mass is 462 g/mol. The standard InChI is InChI=1S/C20H26F4N4O4/c1-10(26-19(25)29)8-30-11-3-5-12(6-4-11)32-20-27-17-13(21)7-14(31-9-15(22)23)16(24)18(17)28(20)2/h7,10-12,15H,3-6,8-9H2,1-2H3,(H3,25,26,29)/t10-,11?,12?/m0/s1. The number of primary amides is 1. The van der Waals surface area contributed by atoms with Gasteiger partial charge in [-0.3, -0.25) is 4.57 Å². The summed E-state index contributed by atoms with van der Waals surface area (Å²) in [5.41, 5.74) is 4.58. The Morgan fingerprint density at radius 3 is 2.53 bits per heavy atom. The van der Waals surface area contributed by atoms with Crippen LogP contribution in [-0.2, 0) is 11.8 Å². The fourth-order valence-corrected chi connectivity index (χ4v) is 3.65. The van der Waals surface area contributed by atoms with Gasteiger partial charge in [-0.15, -0.1) is 0 Å². The van der Waals surface area contributed by atoms with Crippen LogP contribution in [0.4, 0.5) is 22.4 Å². The van der Waals surface area contributed by atoms with E-state index in [1.54, 1.807) is 6.92 Å². The molecule has 1 aromatic heterocycles. The molecule has 0 unspecified atom stereocenters. The van der Waals surface area contributed by atoms with Crippen molar-refractivity contribution < 1.29 is 36.6 Å². The van der Waals surface area contributed by atoms with Crippen LogP contribution >= 0.6 is 0 Å². The number of nitrogens with two attached hydrogens (primary N) is 1. The number of aromatic nitrogens is 2. The lowest BCUT2D eigenvalue weighted by Crippen LogP contribution is -2.40. The molecule has 0 aliphatic heterocycles. The van der Waals surface area contributed by atoms with E-state index in [-0.39, 0.29) is 35.3 Å². The molecular weight excluding hydrogens is 436 g/mol. The third-order valence-electron chi connectivity index (χ3n) is 5.19. The largest absolute Gasteiger partial charge is 0.484 e. The molecule has 1 atom stereocenters. The predicted molar refractivity (Wildman–Crippen MR) is 107 cm³/mol. The zero-order chi connectivity index (χ0) is 23.4. The molecule has 0 saturated heterocycles. The summed E-state index contributed by atoms with van der Waals surface area (Å²) < 4.78 is 71.4. The average Bonchev–Trinajstić information content (AvgIpc) is 3.05. The quantitative estimate of drug-likeness (QED) is 0.557. The lowest BCUT2D eigenvalue weighted by molar-refractivity contribution is -0.00550. The molecule has 1 aromatic carbocycles. The van der Waals surface area contributed by atoms with Gasteiger partial charge < -0.3 is 25.3 Å². The van der Waals surface area contributed by atoms with Gasteiger partial charge in [0.2, 0.25) is 0 Å². The van der Waals surface area contributed by atoms with Crippen molar-refractivity contribution in [1.82, 2.24) is 14.9 Å². The number of carbonyl (C=O) groups is 1. The first-order chi connectivity index (χ1) is 15.2. The van der Waals surface area contributed by atoms with Crippen LogP contribution in [0.25, 0.3) is 11.0 Å². The second-order valence-electron chi connectivity index (χ2n) is 7.78. The van der Waals surface area contributed by atoms with Crippen LogP contribution in [0.2, 0.25) is 0 Å². The van der Waals surface area contributed by atoms with Crippen LogP contribution < -0.4 is 20.5 Å². The molecule has 0 bridgehead atoms. The van der Waals surface area contributed by atoms with Crippen LogP contribution in [0.15, 0.2) is 6.07 Å². The summed E-state index contributed by atoms with van der Waals surface area (Å²) in [6, 6.07) is -0.0949. The fourth-order valence-electron chi connectivity index (χ4n) is 3.65. The predicted octanol–water partition coefficient (Wildman–Crippen LogP) is 3.26. The minimum absolute atomic E-state index is 0.00292. The van der Waals surface area contributed by atoms with Crippen LogP contribution in [0, 0.1) is 11.6 Å². The van der Waals surface area contributed by atoms with Crippen LogP contribution in [0.3, 0.4) is 0 Å². The van der Waals surface area contributed by atoms with Gasteiger partial charge in [-0.25, -0.2) is 22.4 Å². The second kappa shape index (κ2) is 10.2. The van der Waals surface area contributed by atoms with Gasteiger partial charge >= 0.3 is 6.03 Å². The number of imidazole rings is 1. The number of nitrogens with one attached hydrogen (secondary N) is 1. The highest BCUT2D eigenvalue weighted by molar-refractivity contribution is 5.80. The molecule has 0 radical (unpaired) electrons. The van der Waals surface area contributed by atoms with Crippen LogP contribution in [0.1, 0.15) is 32.6 Å². The van der Waals surface area contributed by atoms with Gasteiger partial charge in [0, 0.05) is 13.1 Å². The van der Waals surface area contributed by atoms with E-state index >= 15 is 0 Å². The molecule has 1 aliphatic carbocycles. The number of ether oxygens (including phenoxy) is 3. The molecule has 1 fully saturated rings. The molecule has 1 saturated carbocycles. The van der Waals surface area contributed by atoms with Gasteiger partial charge in [0.15, 0.2) is 17.4 Å². The van der Waals surface area contributed by atoms with Gasteiger partial charge in [0.1, 0.15) is 23.7 Å². The molecule has 2 amide bonds. The Morgan fingerprint density at radius 1 is 1.25 bits per heavy atom. The zero-order valence-electron chi connectivity index (χ0n) is 17.7. The van der Waals surface area contributed by atoms with Crippen molar-refractivity contribution in [2.24, 2.45) is 12.8 Å². The van der Waals surface area contributed by atoms with E-state index in [1.807, 2.05) is 0 Å². The van der Waals surface area contributed by atoms with Crippen LogP contribution in [0.5, 0.6) is 11.8 Å². The van der Waals surface area contributed by atoms with Crippen molar-refractivity contribution in [3.05, 3.63) is 17.7 Å². The third-order valence-corrected chi connectivity index (χ3v) is 5.19. The number of amides is 2. The van der Waals surface area contributed by atoms with Gasteiger partial charge in [-0.05, 0) is 32.6 Å². The summed E-state index contributed by atoms with van der Waals surface area (Å²) >= 11 is 0. The molecule has 178 valence electrons. The van der Waals surface area contributed by atoms with Gasteiger partial charge in [0.25, 0.3) is 12.4 Å². The Morgan fingerprint density at radius 2 is 1.91 bits per heavy atom. The lowest BCUT2D eigenvalue weighted by atomic mass is 9.95. The number of aryl methyl sites for hydroxylation is 1. The number of nitrogens with zero attached hydrogens (tertiary/aromatic N) is 2. The molecule has 8 nitrogen and oxygen atoms in total. The van der Waals surface area contributed by atoms with E-state index in [4.69, 9.17) is 15.2 Å². The minimum Gasteiger partial charge on any atom is -0.484 e. The summed E-state index contributed by atoms with van der Waals surface area (Å²) in [6.07, 6.45) is -0.374. The van der Waals surface area contributed by atoms with Crippen molar-refractivity contribution >= 4 is 17.1 Å². The molecule has 0 spiro atoms. The number of urea groups is 1. The number of benzene rings is 1.